The summed E-state index contributed by atoms with van der Waals surface area (Å²) in [6.07, 6.45) is 2.66. The molecule has 0 N–H and O–H groups in total. The summed E-state index contributed by atoms with van der Waals surface area (Å²) in [7, 11) is 0. The van der Waals surface area contributed by atoms with Crippen LogP contribution in [-0.2, 0) is 9.59 Å². The largest absolute Gasteiger partial charge is 0.300 e. The number of hydrogen-bond donors (Lipinski definition) is 0. The summed E-state index contributed by atoms with van der Waals surface area (Å²) in [5.74, 6) is 0.167. The van der Waals surface area contributed by atoms with Crippen LogP contribution in [-0.4, -0.2) is 11.6 Å². The fourth-order valence-corrected chi connectivity index (χ4v) is 1.20. The van der Waals surface area contributed by atoms with Crippen LogP contribution in [0.4, 0.5) is 0 Å². The molecule has 2 heteroatoms. The average molecular weight is 151 g/mol. The lowest BCUT2D eigenvalue weighted by Crippen LogP contribution is -2.01. The lowest BCUT2D eigenvalue weighted by atomic mass is 10.1. The zero-order valence-corrected chi connectivity index (χ0v) is 6.81. The second kappa shape index (κ2) is 2.99. The SMILES string of the molecule is CC(=O)CC1=C(C)[CH]CC1=O. The molecule has 0 bridgehead atoms. The Morgan fingerprint density at radius 3 is 2.64 bits per heavy atom. The van der Waals surface area contributed by atoms with E-state index < -0.39 is 0 Å². The molecule has 1 rings (SSSR count). The van der Waals surface area contributed by atoms with Crippen molar-refractivity contribution < 1.29 is 9.59 Å². The van der Waals surface area contributed by atoms with E-state index in [-0.39, 0.29) is 11.6 Å². The molecule has 0 unspecified atom stereocenters. The van der Waals surface area contributed by atoms with Crippen LogP contribution in [0.15, 0.2) is 11.1 Å². The van der Waals surface area contributed by atoms with Crippen LogP contribution >= 0.6 is 0 Å². The van der Waals surface area contributed by atoms with E-state index in [0.29, 0.717) is 18.4 Å². The minimum Gasteiger partial charge on any atom is -0.300 e. The molecule has 0 fully saturated rings. The van der Waals surface area contributed by atoms with Crippen LogP contribution in [0, 0.1) is 6.42 Å². The van der Waals surface area contributed by atoms with Gasteiger partial charge < -0.3 is 0 Å². The molecule has 0 amide bonds. The van der Waals surface area contributed by atoms with Crippen molar-refractivity contribution in [1.29, 1.82) is 0 Å². The summed E-state index contributed by atoms with van der Waals surface area (Å²) in [6.45, 7) is 3.38. The fraction of sp³-hybridized carbons (Fsp3) is 0.444. The highest BCUT2D eigenvalue weighted by Crippen LogP contribution is 2.23. The molecule has 1 radical (unpaired) electrons. The number of carbonyl (C=O) groups is 2. The number of Topliss-reactive ketones (excluding diaryl/α,β-unsaturated/α-hetero) is 2. The number of hydrogen-bond acceptors (Lipinski definition) is 2. The lowest BCUT2D eigenvalue weighted by Gasteiger charge is -1.96. The number of rotatable bonds is 2. The predicted molar refractivity (Wildman–Crippen MR) is 41.9 cm³/mol. The smallest absolute Gasteiger partial charge is 0.159 e. The van der Waals surface area contributed by atoms with Crippen LogP contribution in [0.3, 0.4) is 0 Å². The van der Waals surface area contributed by atoms with Crippen molar-refractivity contribution in [2.24, 2.45) is 0 Å². The average Bonchev–Trinajstić information content (AvgIpc) is 2.18. The van der Waals surface area contributed by atoms with E-state index in [1.54, 1.807) is 0 Å². The van der Waals surface area contributed by atoms with Gasteiger partial charge >= 0.3 is 0 Å². The van der Waals surface area contributed by atoms with Gasteiger partial charge in [0.2, 0.25) is 0 Å². The fourth-order valence-electron chi connectivity index (χ4n) is 1.20. The molecule has 0 spiro atoms. The number of carbonyl (C=O) groups excluding carboxylic acids is 2. The molecule has 0 aromatic carbocycles. The maximum Gasteiger partial charge on any atom is 0.159 e. The van der Waals surface area contributed by atoms with Gasteiger partial charge in [-0.25, -0.2) is 0 Å². The van der Waals surface area contributed by atoms with E-state index in [2.05, 4.69) is 0 Å². The minimum absolute atomic E-state index is 0.0583. The normalized spacial score (nSPS) is 17.8. The van der Waals surface area contributed by atoms with E-state index in [4.69, 9.17) is 0 Å². The molecule has 0 aromatic heterocycles. The Balaban J connectivity index is 2.75. The molecule has 1 aliphatic carbocycles. The Bertz CT molecular complexity index is 236. The highest BCUT2D eigenvalue weighted by Gasteiger charge is 2.20. The predicted octanol–water partition coefficient (Wildman–Crippen LogP) is 1.46. The van der Waals surface area contributed by atoms with Gasteiger partial charge in [0.25, 0.3) is 0 Å². The van der Waals surface area contributed by atoms with Crippen LogP contribution < -0.4 is 0 Å². The molecule has 2 nitrogen and oxygen atoms in total. The second-order valence-electron chi connectivity index (χ2n) is 2.87. The van der Waals surface area contributed by atoms with Crippen molar-refractivity contribution in [1.82, 2.24) is 0 Å². The minimum atomic E-state index is 0.0583. The Morgan fingerprint density at radius 1 is 1.64 bits per heavy atom. The molecular weight excluding hydrogens is 140 g/mol. The van der Waals surface area contributed by atoms with Gasteiger partial charge in [-0.3, -0.25) is 9.59 Å². The zero-order chi connectivity index (χ0) is 8.43. The zero-order valence-electron chi connectivity index (χ0n) is 6.81. The molecule has 0 heterocycles. The van der Waals surface area contributed by atoms with Crippen LogP contribution in [0.2, 0.25) is 0 Å². The Hall–Kier alpha value is -0.920. The van der Waals surface area contributed by atoms with Crippen molar-refractivity contribution in [2.45, 2.75) is 26.7 Å². The lowest BCUT2D eigenvalue weighted by molar-refractivity contribution is -0.119. The van der Waals surface area contributed by atoms with Crippen LogP contribution in [0.1, 0.15) is 26.7 Å². The molecule has 0 saturated carbocycles. The van der Waals surface area contributed by atoms with Crippen LogP contribution in [0.25, 0.3) is 0 Å². The summed E-state index contributed by atoms with van der Waals surface area (Å²) in [5.41, 5.74) is 1.68. The summed E-state index contributed by atoms with van der Waals surface area (Å²) in [6, 6.07) is 0. The summed E-state index contributed by atoms with van der Waals surface area (Å²) >= 11 is 0. The molecular formula is C9H11O2. The van der Waals surface area contributed by atoms with Gasteiger partial charge in [-0.2, -0.15) is 0 Å². The molecule has 59 valence electrons. The Morgan fingerprint density at radius 2 is 2.27 bits per heavy atom. The highest BCUT2D eigenvalue weighted by molar-refractivity contribution is 6.04. The first-order chi connectivity index (χ1) is 5.11. The van der Waals surface area contributed by atoms with Gasteiger partial charge in [0.15, 0.2) is 5.78 Å². The Labute approximate surface area is 66.3 Å². The first kappa shape index (κ1) is 8.18. The van der Waals surface area contributed by atoms with E-state index in [9.17, 15) is 9.59 Å². The Kier molecular flexibility index (Phi) is 2.22. The van der Waals surface area contributed by atoms with Crippen molar-refractivity contribution >= 4 is 11.6 Å². The number of allylic oxidation sites excluding steroid dienone is 2. The third-order valence-electron chi connectivity index (χ3n) is 1.83. The summed E-state index contributed by atoms with van der Waals surface area (Å²) in [5, 5.41) is 0. The van der Waals surface area contributed by atoms with Crippen LogP contribution in [0.5, 0.6) is 0 Å². The first-order valence-electron chi connectivity index (χ1n) is 3.67. The van der Waals surface area contributed by atoms with Crippen molar-refractivity contribution in [2.75, 3.05) is 0 Å². The van der Waals surface area contributed by atoms with E-state index in [0.717, 1.165) is 5.57 Å². The van der Waals surface area contributed by atoms with Gasteiger partial charge in [0, 0.05) is 18.4 Å². The second-order valence-corrected chi connectivity index (χ2v) is 2.87. The quantitative estimate of drug-likeness (QED) is 0.598. The molecule has 0 aliphatic heterocycles. The van der Waals surface area contributed by atoms with Gasteiger partial charge in [0.1, 0.15) is 5.78 Å². The maximum atomic E-state index is 11.1. The molecule has 0 aromatic rings. The molecule has 11 heavy (non-hydrogen) atoms. The summed E-state index contributed by atoms with van der Waals surface area (Å²) in [4.78, 5) is 21.8. The van der Waals surface area contributed by atoms with E-state index >= 15 is 0 Å². The monoisotopic (exact) mass is 151 g/mol. The number of ketones is 2. The topological polar surface area (TPSA) is 34.1 Å². The van der Waals surface area contributed by atoms with Gasteiger partial charge in [-0.15, -0.1) is 0 Å². The highest BCUT2D eigenvalue weighted by atomic mass is 16.1. The van der Waals surface area contributed by atoms with E-state index in [1.807, 2.05) is 13.3 Å². The van der Waals surface area contributed by atoms with Crippen molar-refractivity contribution in [3.63, 3.8) is 0 Å². The third-order valence-corrected chi connectivity index (χ3v) is 1.83. The van der Waals surface area contributed by atoms with Gasteiger partial charge in [0.05, 0.1) is 0 Å². The van der Waals surface area contributed by atoms with Crippen molar-refractivity contribution in [3.05, 3.63) is 17.6 Å². The molecule has 0 saturated heterocycles. The molecule has 1 aliphatic rings. The maximum absolute atomic E-state index is 11.1. The molecule has 0 atom stereocenters. The van der Waals surface area contributed by atoms with Gasteiger partial charge in [-0.05, 0) is 20.3 Å². The van der Waals surface area contributed by atoms with E-state index in [1.165, 1.54) is 6.92 Å². The third kappa shape index (κ3) is 1.76. The standard InChI is InChI=1S/C9H11O2/c1-6-3-4-9(11)8(6)5-7(2)10/h3H,4-5H2,1-2H3. The van der Waals surface area contributed by atoms with Crippen molar-refractivity contribution in [3.8, 4) is 0 Å². The summed E-state index contributed by atoms with van der Waals surface area (Å²) < 4.78 is 0. The first-order valence-corrected chi connectivity index (χ1v) is 3.67. The van der Waals surface area contributed by atoms with Gasteiger partial charge in [-0.1, -0.05) is 5.57 Å².